The van der Waals surface area contributed by atoms with Crippen LogP contribution in [0.2, 0.25) is 0 Å². The van der Waals surface area contributed by atoms with Gasteiger partial charge < -0.3 is 0 Å². The average Bonchev–Trinajstić information content (AvgIpc) is 4.04. The van der Waals surface area contributed by atoms with E-state index in [-0.39, 0.29) is 23.1 Å². The molecule has 9 saturated carbocycles. The van der Waals surface area contributed by atoms with E-state index in [2.05, 4.69) is 69.2 Å². The Morgan fingerprint density at radius 3 is 0.921 bits per heavy atom. The second-order valence-corrected chi connectivity index (χ2v) is 33.0. The first-order chi connectivity index (χ1) is 37.4. The monoisotopic (exact) mass is 1070 g/mol. The fourth-order valence-corrected chi connectivity index (χ4v) is 13.8. The van der Waals surface area contributed by atoms with Crippen LogP contribution in [0.5, 0.6) is 0 Å². The third kappa shape index (κ3) is 37.2. The summed E-state index contributed by atoms with van der Waals surface area (Å²) < 4.78 is 43.0. The molecule has 76 heavy (non-hydrogen) atoms. The smallest absolute Gasteiger partial charge is 0.0300 e. The molecule has 0 aliphatic heterocycles. The molecular formula is C76H152. The highest BCUT2D eigenvalue weighted by Gasteiger charge is 2.40. The minimum Gasteiger partial charge on any atom is -0.0651 e. The molecule has 0 saturated heterocycles. The maximum absolute atomic E-state index is 7.49. The first-order valence-electron chi connectivity index (χ1n) is 37.4. The molecule has 0 bridgehead atoms. The number of hydrogen-bond donors (Lipinski definition) is 0. The van der Waals surface area contributed by atoms with Gasteiger partial charge in [-0.2, -0.15) is 0 Å². The normalized spacial score (nSPS) is 28.7. The van der Waals surface area contributed by atoms with Crippen molar-refractivity contribution in [3.63, 3.8) is 0 Å². The van der Waals surface area contributed by atoms with E-state index < -0.39 is 12.7 Å². The van der Waals surface area contributed by atoms with Gasteiger partial charge in [0.15, 0.2) is 0 Å². The van der Waals surface area contributed by atoms with Crippen LogP contribution >= 0.6 is 0 Å². The molecule has 0 aromatic carbocycles. The van der Waals surface area contributed by atoms with E-state index in [1.54, 1.807) is 90.9 Å². The van der Waals surface area contributed by atoms with Crippen molar-refractivity contribution in [2.45, 2.75) is 402 Å². The summed E-state index contributed by atoms with van der Waals surface area (Å²) in [4.78, 5) is 0. The van der Waals surface area contributed by atoms with Crippen LogP contribution in [-0.4, -0.2) is 0 Å². The topological polar surface area (TPSA) is 0 Å². The quantitative estimate of drug-likeness (QED) is 0.259. The molecule has 0 aromatic rings. The summed E-state index contributed by atoms with van der Waals surface area (Å²) in [5.41, 5.74) is 3.40. The molecule has 0 heterocycles. The van der Waals surface area contributed by atoms with Gasteiger partial charge in [-0.15, -0.1) is 0 Å². The molecule has 0 aromatic heterocycles. The lowest BCUT2D eigenvalue weighted by atomic mass is 9.59. The molecule has 0 amide bonds. The Morgan fingerprint density at radius 2 is 0.645 bits per heavy atom. The van der Waals surface area contributed by atoms with Crippen LogP contribution in [0, 0.1) is 85.7 Å². The zero-order valence-electron chi connectivity index (χ0n) is 62.9. The molecule has 0 atom stereocenters. The van der Waals surface area contributed by atoms with Crippen molar-refractivity contribution >= 4 is 0 Å². The van der Waals surface area contributed by atoms with Gasteiger partial charge in [0.25, 0.3) is 0 Å². The SMILES string of the molecule is CC(C)(C)C.CC1CCC(C2CCCCC2)CC1.CC1CCC2(CC1)CCC(C)(C)CC2.CC1CCC2(CCCC2)CC1.CC1CCC2(CCCCC2)CC1.[2H]C(C)(C)C.[2H]C([2H])(C)C(C)(C)C.[2H]C([2H])(C)C(C)C.[2H]C1(C)CCCC1. The molecule has 456 valence electrons. The molecule has 0 unspecified atom stereocenters. The molecule has 9 aliphatic carbocycles. The molecule has 0 radical (unpaired) electrons. The highest BCUT2D eigenvalue weighted by molar-refractivity contribution is 4.92. The van der Waals surface area contributed by atoms with Gasteiger partial charge in [0.2, 0.25) is 0 Å². The maximum Gasteiger partial charge on any atom is 0.0300 e. The minimum atomic E-state index is -1.06. The number of rotatable bonds is 2. The highest BCUT2D eigenvalue weighted by atomic mass is 14.5. The summed E-state index contributed by atoms with van der Waals surface area (Å²) in [5, 5.41) is 0. The van der Waals surface area contributed by atoms with Crippen LogP contribution in [0.4, 0.5) is 0 Å². The second kappa shape index (κ2) is 38.7. The maximum atomic E-state index is 7.49. The zero-order chi connectivity index (χ0) is 62.9. The summed E-state index contributed by atoms with van der Waals surface area (Å²) in [6, 6.07) is 0. The van der Waals surface area contributed by atoms with Crippen molar-refractivity contribution in [2.75, 3.05) is 0 Å². The van der Waals surface area contributed by atoms with Crippen LogP contribution < -0.4 is 0 Å². The fraction of sp³-hybridized carbons (Fsp3) is 1.00. The van der Waals surface area contributed by atoms with Gasteiger partial charge in [-0.1, -0.05) is 299 Å². The Labute approximate surface area is 494 Å². The van der Waals surface area contributed by atoms with Crippen molar-refractivity contribution in [3.05, 3.63) is 0 Å². The van der Waals surface area contributed by atoms with E-state index in [9.17, 15) is 0 Å². The predicted octanol–water partition coefficient (Wildman–Crippen LogP) is 27.5. The van der Waals surface area contributed by atoms with Crippen LogP contribution in [-0.2, 0) is 0 Å². The third-order valence-electron chi connectivity index (χ3n) is 20.4. The molecule has 9 aliphatic rings. The molecule has 0 N–H and O–H groups in total. The third-order valence-corrected chi connectivity index (χ3v) is 20.4. The first-order valence-corrected chi connectivity index (χ1v) is 34.4. The van der Waals surface area contributed by atoms with Gasteiger partial charge >= 0.3 is 0 Å². The van der Waals surface area contributed by atoms with Gasteiger partial charge in [0.05, 0.1) is 0 Å². The molecular weight excluding hydrogens is 913 g/mol. The van der Waals surface area contributed by atoms with Gasteiger partial charge in [0.1, 0.15) is 0 Å². The highest BCUT2D eigenvalue weighted by Crippen LogP contribution is 2.54. The minimum absolute atomic E-state index is 0.0556. The summed E-state index contributed by atoms with van der Waals surface area (Å²) in [5.74, 6) is 6.17. The number of hydrogen-bond acceptors (Lipinski definition) is 0. The van der Waals surface area contributed by atoms with Gasteiger partial charge in [-0.25, -0.2) is 0 Å². The summed E-state index contributed by atoms with van der Waals surface area (Å²) in [6.07, 6.45) is 54.7. The average molecular weight is 1070 g/mol. The second-order valence-electron chi connectivity index (χ2n) is 33.0. The lowest BCUT2D eigenvalue weighted by molar-refractivity contribution is 0.0511. The lowest BCUT2D eigenvalue weighted by Crippen LogP contribution is -2.34. The van der Waals surface area contributed by atoms with Gasteiger partial charge in [-0.3, -0.25) is 0 Å². The van der Waals surface area contributed by atoms with Crippen LogP contribution in [0.3, 0.4) is 0 Å². The zero-order valence-corrected chi connectivity index (χ0v) is 56.9. The standard InChI is InChI=1S/C14H26.C13H24.C12H22.C11H20.C6H12.C6H14.2C5H12.C4H10/c1-12-4-6-14(7-5-12)10-8-13(2,3)9-11-14;1-11-7-9-13(10-8-11)12-5-3-2-4-6-12;1-11-5-9-12(10-6-11)7-3-2-4-8-12;1-10-4-8-11(9-5-10)6-2-3-7-11;1-6-4-2-3-5-6;1-5-6(2,3)4;1-5(2,3)4;1-4-5(2)3;1-4(2)3/h12H,4-11H2,1-3H3;11-13H,2-10H2,1H3;11H,2-10H2,1H3;10H,2-9H2,1H3;6H,2-5H2,1H3;5H2,1-4H3;1-4H3;5H,4H2,1-3H3;4H,1-3H3/i;;;;6D;5D2;;4D2;4D. The van der Waals surface area contributed by atoms with Crippen LogP contribution in [0.1, 0.15) is 410 Å². The van der Waals surface area contributed by atoms with Gasteiger partial charge in [-0.05, 0) is 188 Å². The Hall–Kier alpha value is 0. The first kappa shape index (κ1) is 63.6. The Morgan fingerprint density at radius 1 is 0.395 bits per heavy atom. The summed E-state index contributed by atoms with van der Waals surface area (Å²) in [6.45, 7) is 43.6. The largest absolute Gasteiger partial charge is 0.0651 e. The molecule has 9 rings (SSSR count). The molecule has 9 fully saturated rings. The van der Waals surface area contributed by atoms with E-state index in [0.717, 1.165) is 64.6 Å². The Bertz CT molecular complexity index is 1500. The van der Waals surface area contributed by atoms with Crippen molar-refractivity contribution in [1.29, 1.82) is 0 Å². The Balaban J connectivity index is 0.000000472. The van der Waals surface area contributed by atoms with Crippen molar-refractivity contribution < 1.29 is 8.22 Å². The summed E-state index contributed by atoms with van der Waals surface area (Å²) in [7, 11) is 0. The van der Waals surface area contributed by atoms with E-state index in [4.69, 9.17) is 8.22 Å². The van der Waals surface area contributed by atoms with Crippen molar-refractivity contribution in [2.24, 2.45) is 85.7 Å². The predicted molar refractivity (Wildman–Crippen MR) is 350 cm³/mol. The van der Waals surface area contributed by atoms with Crippen molar-refractivity contribution in [1.82, 2.24) is 0 Å². The Kier molecular flexibility index (Phi) is 32.4. The van der Waals surface area contributed by atoms with Crippen LogP contribution in [0.25, 0.3) is 0 Å². The molecule has 0 nitrogen and oxygen atoms in total. The lowest BCUT2D eigenvalue weighted by Gasteiger charge is -2.47. The van der Waals surface area contributed by atoms with E-state index >= 15 is 0 Å². The van der Waals surface area contributed by atoms with E-state index in [1.807, 2.05) is 62.3 Å². The molecule has 3 spiro atoms. The van der Waals surface area contributed by atoms with E-state index in [0.29, 0.717) is 10.8 Å². The van der Waals surface area contributed by atoms with Crippen LogP contribution in [0.15, 0.2) is 0 Å². The van der Waals surface area contributed by atoms with Gasteiger partial charge in [0, 0.05) is 8.22 Å². The fourth-order valence-electron chi connectivity index (χ4n) is 13.8. The molecule has 0 heteroatoms. The summed E-state index contributed by atoms with van der Waals surface area (Å²) >= 11 is 0. The van der Waals surface area contributed by atoms with E-state index in [1.165, 1.54) is 154 Å². The van der Waals surface area contributed by atoms with Crippen molar-refractivity contribution in [3.8, 4) is 0 Å².